The lowest BCUT2D eigenvalue weighted by atomic mass is 9.97. The Balaban J connectivity index is 2.31. The molecule has 1 aromatic carbocycles. The molecule has 0 bridgehead atoms. The quantitative estimate of drug-likeness (QED) is 0.931. The lowest BCUT2D eigenvalue weighted by Gasteiger charge is -2.13. The minimum absolute atomic E-state index is 0.232. The molecule has 1 aromatic heterocycles. The Morgan fingerprint density at radius 3 is 2.65 bits per heavy atom. The predicted octanol–water partition coefficient (Wildman–Crippen LogP) is 3.78. The van der Waals surface area contributed by atoms with E-state index in [1.165, 1.54) is 5.56 Å². The van der Waals surface area contributed by atoms with E-state index in [2.05, 4.69) is 25.0 Å². The second kappa shape index (κ2) is 5.98. The highest BCUT2D eigenvalue weighted by Gasteiger charge is 2.23. The van der Waals surface area contributed by atoms with Crippen molar-refractivity contribution in [1.29, 1.82) is 0 Å². The zero-order chi connectivity index (χ0) is 14.9. The van der Waals surface area contributed by atoms with Crippen LogP contribution in [0.5, 0.6) is 0 Å². The lowest BCUT2D eigenvalue weighted by molar-refractivity contribution is 0.177. The largest absolute Gasteiger partial charge is 0.388 e. The first-order valence-electron chi connectivity index (χ1n) is 6.86. The standard InChI is InChI=1S/C16H21ClN2O/c1-10(2)15-14(16(17)19(4)18-15)13(20)9-12-7-5-6-11(3)8-12/h5-8,10,13,20H,9H2,1-4H3. The first kappa shape index (κ1) is 15.1. The second-order valence-corrected chi connectivity index (χ2v) is 5.94. The number of hydrogen-bond donors (Lipinski definition) is 1. The van der Waals surface area contributed by atoms with Gasteiger partial charge in [0.25, 0.3) is 0 Å². The molecule has 1 unspecified atom stereocenters. The van der Waals surface area contributed by atoms with Crippen LogP contribution in [0, 0.1) is 6.92 Å². The van der Waals surface area contributed by atoms with Gasteiger partial charge in [-0.3, -0.25) is 4.68 Å². The van der Waals surface area contributed by atoms with Crippen LogP contribution in [0.2, 0.25) is 5.15 Å². The molecule has 0 saturated carbocycles. The highest BCUT2D eigenvalue weighted by molar-refractivity contribution is 6.30. The fourth-order valence-corrected chi connectivity index (χ4v) is 2.70. The Kier molecular flexibility index (Phi) is 4.51. The van der Waals surface area contributed by atoms with Gasteiger partial charge in [0.2, 0.25) is 0 Å². The first-order chi connectivity index (χ1) is 9.40. The molecule has 2 rings (SSSR count). The van der Waals surface area contributed by atoms with Crippen molar-refractivity contribution in [1.82, 2.24) is 9.78 Å². The van der Waals surface area contributed by atoms with Crippen molar-refractivity contribution in [2.45, 2.75) is 39.2 Å². The summed E-state index contributed by atoms with van der Waals surface area (Å²) in [7, 11) is 1.80. The summed E-state index contributed by atoms with van der Waals surface area (Å²) in [6.07, 6.45) is -0.0808. The summed E-state index contributed by atoms with van der Waals surface area (Å²) < 4.78 is 1.63. The number of halogens is 1. The van der Waals surface area contributed by atoms with Crippen LogP contribution in [0.25, 0.3) is 0 Å². The molecular formula is C16H21ClN2O. The molecule has 0 saturated heterocycles. The number of aryl methyl sites for hydroxylation is 2. The topological polar surface area (TPSA) is 38.1 Å². The van der Waals surface area contributed by atoms with Crippen molar-refractivity contribution < 1.29 is 5.11 Å². The van der Waals surface area contributed by atoms with E-state index in [-0.39, 0.29) is 5.92 Å². The molecule has 0 aliphatic carbocycles. The zero-order valence-corrected chi connectivity index (χ0v) is 13.1. The third-order valence-electron chi connectivity index (χ3n) is 3.43. The van der Waals surface area contributed by atoms with Gasteiger partial charge in [0, 0.05) is 19.0 Å². The van der Waals surface area contributed by atoms with E-state index in [9.17, 15) is 5.11 Å². The summed E-state index contributed by atoms with van der Waals surface area (Å²) in [6.45, 7) is 6.16. The molecule has 108 valence electrons. The Bertz CT molecular complexity index is 605. The average molecular weight is 293 g/mol. The highest BCUT2D eigenvalue weighted by atomic mass is 35.5. The third-order valence-corrected chi connectivity index (χ3v) is 3.88. The number of hydrogen-bond acceptors (Lipinski definition) is 2. The number of aliphatic hydroxyl groups is 1. The maximum atomic E-state index is 10.6. The van der Waals surface area contributed by atoms with Gasteiger partial charge in [0.1, 0.15) is 5.15 Å². The van der Waals surface area contributed by atoms with Gasteiger partial charge in [-0.2, -0.15) is 5.10 Å². The van der Waals surface area contributed by atoms with Crippen LogP contribution in [0.15, 0.2) is 24.3 Å². The molecule has 4 heteroatoms. The molecule has 1 heterocycles. The Labute approximate surface area is 125 Å². The van der Waals surface area contributed by atoms with Gasteiger partial charge in [-0.05, 0) is 18.4 Å². The van der Waals surface area contributed by atoms with E-state index in [0.29, 0.717) is 11.6 Å². The average Bonchev–Trinajstić information content (AvgIpc) is 2.66. The summed E-state index contributed by atoms with van der Waals surface area (Å²) >= 11 is 6.29. The number of nitrogens with zero attached hydrogens (tertiary/aromatic N) is 2. The third kappa shape index (κ3) is 3.05. The van der Waals surface area contributed by atoms with E-state index < -0.39 is 6.10 Å². The number of aliphatic hydroxyl groups excluding tert-OH is 1. The van der Waals surface area contributed by atoms with Crippen molar-refractivity contribution in [2.24, 2.45) is 7.05 Å². The van der Waals surface area contributed by atoms with Crippen LogP contribution in [-0.2, 0) is 13.5 Å². The van der Waals surface area contributed by atoms with Gasteiger partial charge in [0.15, 0.2) is 0 Å². The fourth-order valence-electron chi connectivity index (χ4n) is 2.44. The van der Waals surface area contributed by atoms with Gasteiger partial charge >= 0.3 is 0 Å². The number of rotatable bonds is 4. The molecule has 3 nitrogen and oxygen atoms in total. The Morgan fingerprint density at radius 1 is 1.35 bits per heavy atom. The van der Waals surface area contributed by atoms with Crippen molar-refractivity contribution >= 4 is 11.6 Å². The molecule has 20 heavy (non-hydrogen) atoms. The van der Waals surface area contributed by atoms with Crippen LogP contribution in [-0.4, -0.2) is 14.9 Å². The maximum absolute atomic E-state index is 10.6. The van der Waals surface area contributed by atoms with Gasteiger partial charge in [-0.25, -0.2) is 0 Å². The van der Waals surface area contributed by atoms with Crippen LogP contribution in [0.4, 0.5) is 0 Å². The van der Waals surface area contributed by atoms with E-state index >= 15 is 0 Å². The minimum atomic E-state index is -0.629. The van der Waals surface area contributed by atoms with Gasteiger partial charge < -0.3 is 5.11 Å². The molecule has 1 atom stereocenters. The first-order valence-corrected chi connectivity index (χ1v) is 7.23. The molecule has 0 amide bonds. The van der Waals surface area contributed by atoms with E-state index in [0.717, 1.165) is 16.8 Å². The second-order valence-electron chi connectivity index (χ2n) is 5.58. The molecule has 0 aliphatic heterocycles. The molecule has 0 aliphatic rings. The highest BCUT2D eigenvalue weighted by Crippen LogP contribution is 2.32. The van der Waals surface area contributed by atoms with Crippen LogP contribution < -0.4 is 0 Å². The predicted molar refractivity (Wildman–Crippen MR) is 82.1 cm³/mol. The summed E-state index contributed by atoms with van der Waals surface area (Å²) in [5.41, 5.74) is 3.92. The van der Waals surface area contributed by atoms with Crippen molar-refractivity contribution in [3.63, 3.8) is 0 Å². The van der Waals surface area contributed by atoms with Crippen molar-refractivity contribution in [3.05, 3.63) is 51.8 Å². The number of aromatic nitrogens is 2. The molecule has 2 aromatic rings. The van der Waals surface area contributed by atoms with E-state index in [1.807, 2.05) is 25.1 Å². The van der Waals surface area contributed by atoms with Crippen molar-refractivity contribution in [3.8, 4) is 0 Å². The van der Waals surface area contributed by atoms with Crippen LogP contribution >= 0.6 is 11.6 Å². The minimum Gasteiger partial charge on any atom is -0.388 e. The normalized spacial score (nSPS) is 12.9. The monoisotopic (exact) mass is 292 g/mol. The fraction of sp³-hybridized carbons (Fsp3) is 0.438. The summed E-state index contributed by atoms with van der Waals surface area (Å²) in [6, 6.07) is 8.16. The van der Waals surface area contributed by atoms with E-state index in [1.54, 1.807) is 11.7 Å². The van der Waals surface area contributed by atoms with Crippen LogP contribution in [0.3, 0.4) is 0 Å². The molecule has 1 N–H and O–H groups in total. The number of benzene rings is 1. The SMILES string of the molecule is Cc1cccc(CC(O)c2c(C(C)C)nn(C)c2Cl)c1. The maximum Gasteiger partial charge on any atom is 0.132 e. The Morgan fingerprint density at radius 2 is 2.05 bits per heavy atom. The van der Waals surface area contributed by atoms with Gasteiger partial charge in [-0.1, -0.05) is 55.3 Å². The summed E-state index contributed by atoms with van der Waals surface area (Å²) in [5.74, 6) is 0.232. The molecule has 0 spiro atoms. The smallest absolute Gasteiger partial charge is 0.132 e. The Hall–Kier alpha value is -1.32. The lowest BCUT2D eigenvalue weighted by Crippen LogP contribution is -2.06. The molecular weight excluding hydrogens is 272 g/mol. The summed E-state index contributed by atoms with van der Waals surface area (Å²) in [4.78, 5) is 0. The van der Waals surface area contributed by atoms with Crippen molar-refractivity contribution in [2.75, 3.05) is 0 Å². The molecule has 0 fully saturated rings. The van der Waals surface area contributed by atoms with Crippen LogP contribution in [0.1, 0.15) is 48.3 Å². The van der Waals surface area contributed by atoms with Gasteiger partial charge in [-0.15, -0.1) is 0 Å². The molecule has 0 radical (unpaired) electrons. The van der Waals surface area contributed by atoms with E-state index in [4.69, 9.17) is 11.6 Å². The summed E-state index contributed by atoms with van der Waals surface area (Å²) in [5, 5.41) is 15.5. The van der Waals surface area contributed by atoms with Gasteiger partial charge in [0.05, 0.1) is 11.8 Å². The zero-order valence-electron chi connectivity index (χ0n) is 12.4.